The summed E-state index contributed by atoms with van der Waals surface area (Å²) in [5, 5.41) is -0.415. The van der Waals surface area contributed by atoms with E-state index in [1.807, 2.05) is 32.1 Å². The number of ether oxygens (including phenoxy) is 1. The first-order valence-electron chi connectivity index (χ1n) is 11.2. The van der Waals surface area contributed by atoms with Crippen molar-refractivity contribution in [2.45, 2.75) is 60.3 Å². The minimum Gasteiger partial charge on any atom is -0.368 e. The van der Waals surface area contributed by atoms with Gasteiger partial charge in [-0.2, -0.15) is 0 Å². The molecule has 1 aliphatic rings. The fourth-order valence-electron chi connectivity index (χ4n) is 4.20. The number of hydrogen-bond donors (Lipinski definition) is 1. The average Bonchev–Trinajstić information content (AvgIpc) is 2.73. The molecule has 4 nitrogen and oxygen atoms in total. The average molecular weight is 453 g/mol. The number of nitrogens with two attached hydrogens (primary N) is 1. The summed E-state index contributed by atoms with van der Waals surface area (Å²) in [5.74, 6) is -0.0231. The quantitative estimate of drug-likeness (QED) is 0.513. The van der Waals surface area contributed by atoms with Crippen LogP contribution in [0.5, 0.6) is 0 Å². The van der Waals surface area contributed by atoms with Crippen LogP contribution in [0, 0.1) is 25.7 Å². The number of hydrogen-bond acceptors (Lipinski definition) is 4. The number of aromatic nitrogens is 1. The van der Waals surface area contributed by atoms with E-state index in [1.165, 1.54) is 5.56 Å². The molecule has 170 valence electrons. The Hall–Kier alpha value is -2.27. The zero-order chi connectivity index (χ0) is 23.4. The molecule has 2 N–H and O–H groups in total. The molecule has 2 atom stereocenters. The molecule has 0 bridgehead atoms. The minimum absolute atomic E-state index is 0.319. The molecular formula is C27H33ClN2O2. The summed E-state index contributed by atoms with van der Waals surface area (Å²) in [7, 11) is 0. The van der Waals surface area contributed by atoms with E-state index in [0.29, 0.717) is 19.1 Å². The van der Waals surface area contributed by atoms with Crippen LogP contribution in [-0.4, -0.2) is 16.3 Å². The van der Waals surface area contributed by atoms with Gasteiger partial charge in [-0.1, -0.05) is 67.5 Å². The van der Waals surface area contributed by atoms with Crippen LogP contribution in [0.25, 0.3) is 11.1 Å². The van der Waals surface area contributed by atoms with E-state index in [9.17, 15) is 4.79 Å². The number of carbonyl (C=O) groups is 1. The van der Waals surface area contributed by atoms with E-state index in [-0.39, 0.29) is 0 Å². The molecule has 1 heterocycles. The molecule has 2 aromatic rings. The molecule has 1 aromatic carbocycles. The van der Waals surface area contributed by atoms with Gasteiger partial charge in [0.25, 0.3) is 0 Å². The largest absolute Gasteiger partial charge is 0.368 e. The number of benzene rings is 1. The van der Waals surface area contributed by atoms with Crippen LogP contribution in [0.2, 0.25) is 0 Å². The van der Waals surface area contributed by atoms with Crippen molar-refractivity contribution in [3.8, 4) is 11.1 Å². The molecule has 0 aliphatic heterocycles. The van der Waals surface area contributed by atoms with Crippen molar-refractivity contribution in [3.05, 3.63) is 76.1 Å². The lowest BCUT2D eigenvalue weighted by Crippen LogP contribution is -2.27. The fourth-order valence-corrected chi connectivity index (χ4v) is 4.39. The number of aryl methyl sites for hydroxylation is 2. The van der Waals surface area contributed by atoms with E-state index in [1.54, 1.807) is 0 Å². The second-order valence-corrected chi connectivity index (χ2v) is 9.39. The van der Waals surface area contributed by atoms with Crippen LogP contribution >= 0.6 is 11.6 Å². The Morgan fingerprint density at radius 3 is 2.44 bits per heavy atom. The third kappa shape index (κ3) is 5.55. The van der Waals surface area contributed by atoms with E-state index in [0.717, 1.165) is 45.6 Å². The zero-order valence-corrected chi connectivity index (χ0v) is 20.4. The summed E-state index contributed by atoms with van der Waals surface area (Å²) in [6.45, 7) is 11.1. The van der Waals surface area contributed by atoms with Gasteiger partial charge in [-0.05, 0) is 61.4 Å². The first-order valence-corrected chi connectivity index (χ1v) is 11.5. The Balaban J connectivity index is 2.05. The number of allylic oxidation sites excluding steroid dienone is 2. The maximum atomic E-state index is 12.0. The molecule has 0 saturated heterocycles. The Morgan fingerprint density at radius 1 is 1.16 bits per heavy atom. The van der Waals surface area contributed by atoms with Gasteiger partial charge in [0.1, 0.15) is 0 Å². The van der Waals surface area contributed by atoms with Crippen LogP contribution < -0.4 is 5.73 Å². The lowest BCUT2D eigenvalue weighted by molar-refractivity contribution is -0.117. The molecule has 32 heavy (non-hydrogen) atoms. The second kappa shape index (κ2) is 10.6. The molecule has 0 amide bonds. The number of rotatable bonds is 8. The molecule has 1 aromatic heterocycles. The summed E-state index contributed by atoms with van der Waals surface area (Å²) >= 11 is 5.86. The van der Waals surface area contributed by atoms with Crippen molar-refractivity contribution in [1.82, 2.24) is 4.98 Å². The maximum absolute atomic E-state index is 12.0. The highest BCUT2D eigenvalue weighted by atomic mass is 35.5. The minimum atomic E-state index is -0.494. The molecular weight excluding hydrogens is 420 g/mol. The second-order valence-electron chi connectivity index (χ2n) is 9.02. The van der Waals surface area contributed by atoms with E-state index >= 15 is 0 Å². The molecule has 5 heteroatoms. The predicted molar refractivity (Wildman–Crippen MR) is 131 cm³/mol. The molecule has 0 saturated carbocycles. The molecule has 1 aliphatic carbocycles. The predicted octanol–water partition coefficient (Wildman–Crippen LogP) is 5.81. The van der Waals surface area contributed by atoms with Crippen LogP contribution in [0.3, 0.4) is 0 Å². The van der Waals surface area contributed by atoms with Gasteiger partial charge < -0.3 is 10.5 Å². The molecule has 0 spiro atoms. The standard InChI is InChI=1S/C27H33ClN2O2/c1-16(2)12-24-22(14-29)26(20-9-6-17(3)7-10-20)23(19(5)30-24)15-32-25-11-8-18(4)13-21(25)27(28)31/h6-11,13,16,21,25H,12,14-15,29H2,1-5H3. The summed E-state index contributed by atoms with van der Waals surface area (Å²) in [5.41, 5.74) is 14.7. The maximum Gasteiger partial charge on any atom is 0.231 e. The van der Waals surface area contributed by atoms with Crippen molar-refractivity contribution in [1.29, 1.82) is 0 Å². The topological polar surface area (TPSA) is 65.2 Å². The number of pyridine rings is 1. The van der Waals surface area contributed by atoms with Crippen molar-refractivity contribution in [3.63, 3.8) is 0 Å². The van der Waals surface area contributed by atoms with Crippen LogP contribution in [0.4, 0.5) is 0 Å². The van der Waals surface area contributed by atoms with E-state index in [2.05, 4.69) is 45.0 Å². The van der Waals surface area contributed by atoms with Crippen LogP contribution in [0.15, 0.2) is 48.1 Å². The summed E-state index contributed by atoms with van der Waals surface area (Å²) in [4.78, 5) is 16.9. The molecule has 0 radical (unpaired) electrons. The molecule has 3 rings (SSSR count). The Bertz CT molecular complexity index is 1040. The van der Waals surface area contributed by atoms with E-state index < -0.39 is 17.3 Å². The Kier molecular flexibility index (Phi) is 8.05. The van der Waals surface area contributed by atoms with E-state index in [4.69, 9.17) is 27.1 Å². The van der Waals surface area contributed by atoms with Gasteiger partial charge in [0.05, 0.1) is 18.6 Å². The number of halogens is 1. The van der Waals surface area contributed by atoms with Crippen molar-refractivity contribution in [2.75, 3.05) is 0 Å². The zero-order valence-electron chi connectivity index (χ0n) is 19.6. The van der Waals surface area contributed by atoms with Crippen molar-refractivity contribution >= 4 is 16.8 Å². The summed E-state index contributed by atoms with van der Waals surface area (Å²) in [6, 6.07) is 8.48. The number of carbonyl (C=O) groups excluding carboxylic acids is 1. The van der Waals surface area contributed by atoms with Gasteiger partial charge in [0.2, 0.25) is 5.24 Å². The third-order valence-electron chi connectivity index (χ3n) is 5.86. The lowest BCUT2D eigenvalue weighted by Gasteiger charge is -2.25. The highest BCUT2D eigenvalue weighted by molar-refractivity contribution is 6.64. The highest BCUT2D eigenvalue weighted by Gasteiger charge is 2.27. The van der Waals surface area contributed by atoms with Gasteiger partial charge in [-0.3, -0.25) is 9.78 Å². The van der Waals surface area contributed by atoms with Crippen LogP contribution in [-0.2, 0) is 29.1 Å². The van der Waals surface area contributed by atoms with Gasteiger partial charge in [0, 0.05) is 23.5 Å². The SMILES string of the molecule is CC1=CC(C(=O)Cl)C(OCc2c(C)nc(CC(C)C)c(CN)c2-c2ccc(C)cc2)C=C1. The summed E-state index contributed by atoms with van der Waals surface area (Å²) < 4.78 is 6.26. The monoisotopic (exact) mass is 452 g/mol. The summed E-state index contributed by atoms with van der Waals surface area (Å²) in [6.07, 6.45) is 6.19. The Labute approximate surface area is 196 Å². The van der Waals surface area contributed by atoms with Gasteiger partial charge in [-0.15, -0.1) is 0 Å². The smallest absolute Gasteiger partial charge is 0.231 e. The van der Waals surface area contributed by atoms with Gasteiger partial charge in [0.15, 0.2) is 0 Å². The lowest BCUT2D eigenvalue weighted by atomic mass is 9.90. The first-order chi connectivity index (χ1) is 15.2. The number of nitrogens with zero attached hydrogens (tertiary/aromatic N) is 1. The normalized spacial score (nSPS) is 18.2. The van der Waals surface area contributed by atoms with Gasteiger partial charge in [-0.25, -0.2) is 0 Å². The van der Waals surface area contributed by atoms with Crippen molar-refractivity contribution in [2.24, 2.45) is 17.6 Å². The van der Waals surface area contributed by atoms with Crippen molar-refractivity contribution < 1.29 is 9.53 Å². The Morgan fingerprint density at radius 2 is 1.84 bits per heavy atom. The fraction of sp³-hybridized carbons (Fsp3) is 0.407. The molecule has 0 fully saturated rings. The third-order valence-corrected chi connectivity index (χ3v) is 6.12. The highest BCUT2D eigenvalue weighted by Crippen LogP contribution is 2.34. The van der Waals surface area contributed by atoms with Crippen LogP contribution in [0.1, 0.15) is 48.8 Å². The molecule has 2 unspecified atom stereocenters. The first kappa shape index (κ1) is 24.4. The van der Waals surface area contributed by atoms with Gasteiger partial charge >= 0.3 is 0 Å².